The first-order chi connectivity index (χ1) is 9.24. The SMILES string of the molecule is Cc1cccc2[nH]c(C=Cc3ccccc3Cl)nc12. The van der Waals surface area contributed by atoms with Crippen molar-refractivity contribution in [2.45, 2.75) is 6.92 Å². The number of nitrogens with zero attached hydrogens (tertiary/aromatic N) is 1. The van der Waals surface area contributed by atoms with Crippen molar-refractivity contribution in [1.29, 1.82) is 0 Å². The van der Waals surface area contributed by atoms with Crippen LogP contribution < -0.4 is 0 Å². The fraction of sp³-hybridized carbons (Fsp3) is 0.0625. The van der Waals surface area contributed by atoms with E-state index < -0.39 is 0 Å². The van der Waals surface area contributed by atoms with Crippen molar-refractivity contribution in [2.75, 3.05) is 0 Å². The second-order valence-corrected chi connectivity index (χ2v) is 4.86. The molecule has 1 N–H and O–H groups in total. The van der Waals surface area contributed by atoms with Crippen LogP contribution in [0.25, 0.3) is 23.2 Å². The molecule has 1 heterocycles. The van der Waals surface area contributed by atoms with Crippen molar-refractivity contribution in [3.05, 3.63) is 64.4 Å². The number of benzene rings is 2. The van der Waals surface area contributed by atoms with Gasteiger partial charge >= 0.3 is 0 Å². The van der Waals surface area contributed by atoms with E-state index in [1.807, 2.05) is 48.6 Å². The van der Waals surface area contributed by atoms with E-state index in [0.29, 0.717) is 0 Å². The molecule has 0 saturated carbocycles. The molecule has 0 unspecified atom stereocenters. The van der Waals surface area contributed by atoms with E-state index in [9.17, 15) is 0 Å². The van der Waals surface area contributed by atoms with Gasteiger partial charge in [0.05, 0.1) is 11.0 Å². The van der Waals surface area contributed by atoms with Gasteiger partial charge in [-0.1, -0.05) is 41.9 Å². The molecule has 0 aliphatic rings. The Hall–Kier alpha value is -2.06. The largest absolute Gasteiger partial charge is 0.338 e. The highest BCUT2D eigenvalue weighted by molar-refractivity contribution is 6.32. The molecule has 0 radical (unpaired) electrons. The van der Waals surface area contributed by atoms with E-state index in [-0.39, 0.29) is 0 Å². The minimum Gasteiger partial charge on any atom is -0.338 e. The van der Waals surface area contributed by atoms with Gasteiger partial charge in [0.1, 0.15) is 5.82 Å². The van der Waals surface area contributed by atoms with Gasteiger partial charge in [0.25, 0.3) is 0 Å². The number of aromatic amines is 1. The van der Waals surface area contributed by atoms with Crippen LogP contribution in [0, 0.1) is 6.92 Å². The Labute approximate surface area is 116 Å². The minimum atomic E-state index is 0.742. The van der Waals surface area contributed by atoms with Gasteiger partial charge in [0.15, 0.2) is 0 Å². The van der Waals surface area contributed by atoms with Gasteiger partial charge in [-0.05, 0) is 42.3 Å². The maximum absolute atomic E-state index is 6.11. The molecule has 2 aromatic carbocycles. The Morgan fingerprint density at radius 2 is 1.89 bits per heavy atom. The fourth-order valence-corrected chi connectivity index (χ4v) is 2.25. The second kappa shape index (κ2) is 4.90. The van der Waals surface area contributed by atoms with Gasteiger partial charge < -0.3 is 4.98 Å². The first-order valence-electron chi connectivity index (χ1n) is 6.12. The Kier molecular flexibility index (Phi) is 3.10. The van der Waals surface area contributed by atoms with Crippen molar-refractivity contribution in [1.82, 2.24) is 9.97 Å². The number of hydrogen-bond acceptors (Lipinski definition) is 1. The molecule has 94 valence electrons. The molecule has 0 spiro atoms. The standard InChI is InChI=1S/C16H13ClN2/c1-11-5-4-8-14-16(11)19-15(18-14)10-9-12-6-2-3-7-13(12)17/h2-10H,1H3,(H,18,19). The van der Waals surface area contributed by atoms with Crippen LogP contribution in [0.15, 0.2) is 42.5 Å². The number of fused-ring (bicyclic) bond motifs is 1. The summed E-state index contributed by atoms with van der Waals surface area (Å²) in [5.74, 6) is 0.837. The summed E-state index contributed by atoms with van der Waals surface area (Å²) in [5.41, 5.74) is 4.23. The van der Waals surface area contributed by atoms with Gasteiger partial charge in [-0.25, -0.2) is 4.98 Å². The lowest BCUT2D eigenvalue weighted by Gasteiger charge is -1.95. The average Bonchev–Trinajstić information content (AvgIpc) is 2.82. The van der Waals surface area contributed by atoms with E-state index in [1.54, 1.807) is 0 Å². The maximum Gasteiger partial charge on any atom is 0.131 e. The van der Waals surface area contributed by atoms with Crippen molar-refractivity contribution < 1.29 is 0 Å². The highest BCUT2D eigenvalue weighted by Gasteiger charge is 2.02. The quantitative estimate of drug-likeness (QED) is 0.717. The molecule has 0 amide bonds. The molecule has 1 aromatic heterocycles. The zero-order valence-electron chi connectivity index (χ0n) is 10.5. The van der Waals surface area contributed by atoms with Crippen molar-refractivity contribution in [3.8, 4) is 0 Å². The zero-order chi connectivity index (χ0) is 13.2. The summed E-state index contributed by atoms with van der Waals surface area (Å²) >= 11 is 6.11. The highest BCUT2D eigenvalue weighted by Crippen LogP contribution is 2.19. The lowest BCUT2D eigenvalue weighted by atomic mass is 10.2. The van der Waals surface area contributed by atoms with Crippen LogP contribution in [0.3, 0.4) is 0 Å². The summed E-state index contributed by atoms with van der Waals surface area (Å²) in [5, 5.41) is 0.742. The third-order valence-corrected chi connectivity index (χ3v) is 3.40. The van der Waals surface area contributed by atoms with E-state index in [2.05, 4.69) is 23.0 Å². The van der Waals surface area contributed by atoms with Crippen LogP contribution in [0.1, 0.15) is 17.0 Å². The first kappa shape index (κ1) is 12.0. The molecule has 0 bridgehead atoms. The molecule has 0 atom stereocenters. The molecule has 3 rings (SSSR count). The van der Waals surface area contributed by atoms with Gasteiger partial charge in [-0.15, -0.1) is 0 Å². The number of aromatic nitrogens is 2. The van der Waals surface area contributed by atoms with E-state index in [4.69, 9.17) is 11.6 Å². The Morgan fingerprint density at radius 1 is 1.05 bits per heavy atom. The van der Waals surface area contributed by atoms with Crippen molar-refractivity contribution in [2.24, 2.45) is 0 Å². The Morgan fingerprint density at radius 3 is 2.68 bits per heavy atom. The predicted molar refractivity (Wildman–Crippen MR) is 81.2 cm³/mol. The Balaban J connectivity index is 1.98. The fourth-order valence-electron chi connectivity index (χ4n) is 2.05. The monoisotopic (exact) mass is 268 g/mol. The van der Waals surface area contributed by atoms with Crippen LogP contribution in [0.5, 0.6) is 0 Å². The predicted octanol–water partition coefficient (Wildman–Crippen LogP) is 4.70. The summed E-state index contributed by atoms with van der Waals surface area (Å²) in [7, 11) is 0. The number of hydrogen-bond donors (Lipinski definition) is 1. The molecule has 3 aromatic rings. The van der Waals surface area contributed by atoms with E-state index >= 15 is 0 Å². The lowest BCUT2D eigenvalue weighted by molar-refractivity contribution is 1.29. The molecule has 19 heavy (non-hydrogen) atoms. The molecule has 0 aliphatic carbocycles. The maximum atomic E-state index is 6.11. The molecular formula is C16H13ClN2. The molecular weight excluding hydrogens is 256 g/mol. The number of nitrogens with one attached hydrogen (secondary N) is 1. The third kappa shape index (κ3) is 2.40. The molecule has 3 heteroatoms. The Bertz CT molecular complexity index is 756. The summed E-state index contributed by atoms with van der Waals surface area (Å²) in [4.78, 5) is 7.86. The second-order valence-electron chi connectivity index (χ2n) is 4.45. The zero-order valence-corrected chi connectivity index (χ0v) is 11.3. The molecule has 0 aliphatic heterocycles. The highest BCUT2D eigenvalue weighted by atomic mass is 35.5. The molecule has 0 fully saturated rings. The van der Waals surface area contributed by atoms with Crippen LogP contribution in [0.2, 0.25) is 5.02 Å². The normalized spacial score (nSPS) is 11.5. The van der Waals surface area contributed by atoms with Gasteiger partial charge in [-0.3, -0.25) is 0 Å². The minimum absolute atomic E-state index is 0.742. The number of halogens is 1. The topological polar surface area (TPSA) is 28.7 Å². The summed E-state index contributed by atoms with van der Waals surface area (Å²) < 4.78 is 0. The molecule has 2 nitrogen and oxygen atoms in total. The van der Waals surface area contributed by atoms with Gasteiger partial charge in [0, 0.05) is 5.02 Å². The van der Waals surface area contributed by atoms with Gasteiger partial charge in [-0.2, -0.15) is 0 Å². The number of imidazole rings is 1. The van der Waals surface area contributed by atoms with Crippen LogP contribution in [0.4, 0.5) is 0 Å². The first-order valence-corrected chi connectivity index (χ1v) is 6.50. The van der Waals surface area contributed by atoms with Gasteiger partial charge in [0.2, 0.25) is 0 Å². The van der Waals surface area contributed by atoms with Crippen molar-refractivity contribution >= 4 is 34.8 Å². The molecule has 0 saturated heterocycles. The summed E-state index contributed by atoms with van der Waals surface area (Å²) in [6.07, 6.45) is 3.91. The summed E-state index contributed by atoms with van der Waals surface area (Å²) in [6, 6.07) is 13.9. The number of H-pyrrole nitrogens is 1. The van der Waals surface area contributed by atoms with Crippen molar-refractivity contribution in [3.63, 3.8) is 0 Å². The third-order valence-electron chi connectivity index (χ3n) is 3.06. The van der Waals surface area contributed by atoms with E-state index in [0.717, 1.165) is 27.4 Å². The lowest BCUT2D eigenvalue weighted by Crippen LogP contribution is -1.76. The number of aryl methyl sites for hydroxylation is 1. The average molecular weight is 269 g/mol. The smallest absolute Gasteiger partial charge is 0.131 e. The van der Waals surface area contributed by atoms with Crippen LogP contribution in [-0.4, -0.2) is 9.97 Å². The summed E-state index contributed by atoms with van der Waals surface area (Å²) in [6.45, 7) is 2.06. The number of para-hydroxylation sites is 1. The van der Waals surface area contributed by atoms with Crippen LogP contribution >= 0.6 is 11.6 Å². The van der Waals surface area contributed by atoms with E-state index in [1.165, 1.54) is 5.56 Å². The van der Waals surface area contributed by atoms with Crippen LogP contribution in [-0.2, 0) is 0 Å². The number of rotatable bonds is 2.